The van der Waals surface area contributed by atoms with Crippen molar-refractivity contribution in [3.8, 4) is 11.1 Å². The number of hydrogen-bond acceptors (Lipinski definition) is 3. The molecular formula is C25H19N3O2. The fraction of sp³-hybridized carbons (Fsp3) is 0.0800. The third kappa shape index (κ3) is 3.20. The summed E-state index contributed by atoms with van der Waals surface area (Å²) < 4.78 is 0. The summed E-state index contributed by atoms with van der Waals surface area (Å²) in [4.78, 5) is 33.2. The first-order chi connectivity index (χ1) is 14.7. The van der Waals surface area contributed by atoms with Crippen LogP contribution in [-0.4, -0.2) is 21.7 Å². The van der Waals surface area contributed by atoms with Gasteiger partial charge in [-0.25, -0.2) is 4.98 Å². The number of H-pyrrole nitrogens is 1. The molecule has 0 saturated heterocycles. The van der Waals surface area contributed by atoms with Crippen molar-refractivity contribution in [1.29, 1.82) is 0 Å². The average Bonchev–Trinajstić information content (AvgIpc) is 3.40. The highest BCUT2D eigenvalue weighted by Crippen LogP contribution is 2.36. The van der Waals surface area contributed by atoms with Gasteiger partial charge < -0.3 is 10.3 Å². The smallest absolute Gasteiger partial charge is 0.251 e. The van der Waals surface area contributed by atoms with Gasteiger partial charge in [-0.3, -0.25) is 9.59 Å². The van der Waals surface area contributed by atoms with E-state index in [1.165, 1.54) is 0 Å². The van der Waals surface area contributed by atoms with Crippen LogP contribution in [0.15, 0.2) is 85.2 Å². The second kappa shape index (κ2) is 7.44. The van der Waals surface area contributed by atoms with Gasteiger partial charge in [0.2, 0.25) is 0 Å². The molecule has 5 heteroatoms. The van der Waals surface area contributed by atoms with Gasteiger partial charge in [0.15, 0.2) is 5.78 Å². The Morgan fingerprint density at radius 3 is 2.40 bits per heavy atom. The van der Waals surface area contributed by atoms with Crippen LogP contribution in [-0.2, 0) is 6.42 Å². The first-order valence-electron chi connectivity index (χ1n) is 9.83. The van der Waals surface area contributed by atoms with Gasteiger partial charge in [-0.05, 0) is 28.8 Å². The lowest BCUT2D eigenvalue weighted by Gasteiger charge is -2.19. The summed E-state index contributed by atoms with van der Waals surface area (Å²) in [5.74, 6) is 0.538. The van der Waals surface area contributed by atoms with Crippen LogP contribution in [0.25, 0.3) is 11.1 Å². The summed E-state index contributed by atoms with van der Waals surface area (Å²) in [5.41, 5.74) is 4.52. The second-order valence-corrected chi connectivity index (χ2v) is 7.31. The SMILES string of the molecule is O=C(NC(Cc1ncc[nH]1)c1ccccc1)c1ccc2c(c1)C(=O)c1ccccc1-2. The predicted molar refractivity (Wildman–Crippen MR) is 114 cm³/mol. The zero-order valence-corrected chi connectivity index (χ0v) is 16.1. The van der Waals surface area contributed by atoms with Gasteiger partial charge in [0.05, 0.1) is 6.04 Å². The van der Waals surface area contributed by atoms with Gasteiger partial charge in [-0.2, -0.15) is 0 Å². The number of hydrogen-bond donors (Lipinski definition) is 2. The van der Waals surface area contributed by atoms with Crippen molar-refractivity contribution in [2.75, 3.05) is 0 Å². The van der Waals surface area contributed by atoms with Gasteiger partial charge >= 0.3 is 0 Å². The molecule has 1 aliphatic carbocycles. The predicted octanol–water partition coefficient (Wildman–Crippen LogP) is 4.33. The largest absolute Gasteiger partial charge is 0.349 e. The summed E-state index contributed by atoms with van der Waals surface area (Å²) in [6.45, 7) is 0. The molecule has 0 radical (unpaired) electrons. The molecule has 1 aromatic heterocycles. The molecule has 1 heterocycles. The Bertz CT molecular complexity index is 1230. The van der Waals surface area contributed by atoms with E-state index < -0.39 is 0 Å². The Morgan fingerprint density at radius 2 is 1.63 bits per heavy atom. The molecule has 0 fully saturated rings. The fourth-order valence-corrected chi connectivity index (χ4v) is 3.95. The van der Waals surface area contributed by atoms with E-state index >= 15 is 0 Å². The molecule has 1 amide bonds. The van der Waals surface area contributed by atoms with Crippen molar-refractivity contribution in [3.63, 3.8) is 0 Å². The molecule has 5 nitrogen and oxygen atoms in total. The molecule has 3 aromatic carbocycles. The number of imidazole rings is 1. The highest BCUT2D eigenvalue weighted by molar-refractivity contribution is 6.22. The van der Waals surface area contributed by atoms with Gasteiger partial charge in [-0.1, -0.05) is 60.7 Å². The van der Waals surface area contributed by atoms with Crippen LogP contribution in [0.1, 0.15) is 43.7 Å². The Balaban J connectivity index is 1.43. The number of amides is 1. The number of benzene rings is 3. The maximum absolute atomic E-state index is 13.1. The van der Waals surface area contributed by atoms with E-state index in [1.807, 2.05) is 60.7 Å². The highest BCUT2D eigenvalue weighted by Gasteiger charge is 2.27. The minimum absolute atomic E-state index is 0.0366. The highest BCUT2D eigenvalue weighted by atomic mass is 16.1. The molecule has 30 heavy (non-hydrogen) atoms. The topological polar surface area (TPSA) is 74.8 Å². The normalized spacial score (nSPS) is 12.9. The molecule has 5 rings (SSSR count). The molecule has 0 saturated carbocycles. The average molecular weight is 393 g/mol. The number of nitrogens with one attached hydrogen (secondary N) is 2. The molecular weight excluding hydrogens is 374 g/mol. The van der Waals surface area contributed by atoms with Crippen LogP contribution in [0, 0.1) is 0 Å². The van der Waals surface area contributed by atoms with Crippen LogP contribution in [0.5, 0.6) is 0 Å². The first-order valence-corrected chi connectivity index (χ1v) is 9.83. The van der Waals surface area contributed by atoms with E-state index in [2.05, 4.69) is 15.3 Å². The van der Waals surface area contributed by atoms with Crippen LogP contribution < -0.4 is 5.32 Å². The van der Waals surface area contributed by atoms with Gasteiger partial charge in [-0.15, -0.1) is 0 Å². The molecule has 2 N–H and O–H groups in total. The van der Waals surface area contributed by atoms with Crippen LogP contribution in [0.4, 0.5) is 0 Å². The lowest BCUT2D eigenvalue weighted by Crippen LogP contribution is -2.30. The Kier molecular flexibility index (Phi) is 4.48. The molecule has 1 atom stereocenters. The maximum atomic E-state index is 13.1. The summed E-state index contributed by atoms with van der Waals surface area (Å²) in [6.07, 6.45) is 4.00. The zero-order valence-electron chi connectivity index (χ0n) is 16.1. The van der Waals surface area contributed by atoms with Crippen LogP contribution >= 0.6 is 0 Å². The maximum Gasteiger partial charge on any atom is 0.251 e. The summed E-state index contributed by atoms with van der Waals surface area (Å²) in [5, 5.41) is 3.10. The van der Waals surface area contributed by atoms with E-state index in [1.54, 1.807) is 24.5 Å². The number of aromatic nitrogens is 2. The van der Waals surface area contributed by atoms with Crippen molar-refractivity contribution >= 4 is 11.7 Å². The first kappa shape index (κ1) is 18.1. The molecule has 0 spiro atoms. The van der Waals surface area contributed by atoms with E-state index in [0.717, 1.165) is 22.5 Å². The van der Waals surface area contributed by atoms with E-state index in [0.29, 0.717) is 23.1 Å². The van der Waals surface area contributed by atoms with Gasteiger partial charge in [0.1, 0.15) is 5.82 Å². The second-order valence-electron chi connectivity index (χ2n) is 7.31. The standard InChI is InChI=1S/C25H19N3O2/c29-24-20-9-5-4-8-18(20)19-11-10-17(14-21(19)24)25(30)28-22(15-23-26-12-13-27-23)16-6-2-1-3-7-16/h1-14,22H,15H2,(H,26,27)(H,28,30). The minimum Gasteiger partial charge on any atom is -0.349 e. The molecule has 4 aromatic rings. The van der Waals surface area contributed by atoms with Crippen LogP contribution in [0.3, 0.4) is 0 Å². The van der Waals surface area contributed by atoms with Crippen molar-refractivity contribution < 1.29 is 9.59 Å². The molecule has 0 bridgehead atoms. The minimum atomic E-state index is -0.244. The lowest BCUT2D eigenvalue weighted by molar-refractivity contribution is 0.0936. The quantitative estimate of drug-likeness (QED) is 0.467. The van der Waals surface area contributed by atoms with Crippen molar-refractivity contribution in [2.45, 2.75) is 12.5 Å². The zero-order chi connectivity index (χ0) is 20.5. The Labute approximate surface area is 173 Å². The fourth-order valence-electron chi connectivity index (χ4n) is 3.95. The number of aromatic amines is 1. The van der Waals surface area contributed by atoms with Gasteiger partial charge in [0, 0.05) is 35.5 Å². The molecule has 1 aliphatic rings. The number of fused-ring (bicyclic) bond motifs is 3. The van der Waals surface area contributed by atoms with E-state index in [9.17, 15) is 9.59 Å². The number of carbonyl (C=O) groups excluding carboxylic acids is 2. The number of rotatable bonds is 5. The third-order valence-electron chi connectivity index (χ3n) is 5.45. The monoisotopic (exact) mass is 393 g/mol. The molecule has 146 valence electrons. The summed E-state index contributed by atoms with van der Waals surface area (Å²) in [6, 6.07) is 22.4. The van der Waals surface area contributed by atoms with E-state index in [-0.39, 0.29) is 17.7 Å². The van der Waals surface area contributed by atoms with Crippen molar-refractivity contribution in [1.82, 2.24) is 15.3 Å². The molecule has 0 aliphatic heterocycles. The number of nitrogens with zero attached hydrogens (tertiary/aromatic N) is 1. The Hall–Kier alpha value is -3.99. The Morgan fingerprint density at radius 1 is 0.900 bits per heavy atom. The summed E-state index contributed by atoms with van der Waals surface area (Å²) >= 11 is 0. The number of ketones is 1. The van der Waals surface area contributed by atoms with E-state index in [4.69, 9.17) is 0 Å². The lowest BCUT2D eigenvalue weighted by atomic mass is 10.0. The van der Waals surface area contributed by atoms with Crippen molar-refractivity contribution in [3.05, 3.63) is 113 Å². The van der Waals surface area contributed by atoms with Crippen molar-refractivity contribution in [2.24, 2.45) is 0 Å². The summed E-state index contributed by atoms with van der Waals surface area (Å²) in [7, 11) is 0. The van der Waals surface area contributed by atoms with Gasteiger partial charge in [0.25, 0.3) is 5.91 Å². The third-order valence-corrected chi connectivity index (χ3v) is 5.45. The molecule has 1 unspecified atom stereocenters. The van der Waals surface area contributed by atoms with Crippen LogP contribution in [0.2, 0.25) is 0 Å². The number of carbonyl (C=O) groups is 2.